The molecule has 0 unspecified atom stereocenters. The van der Waals surface area contributed by atoms with Crippen LogP contribution in [-0.2, 0) is 4.79 Å². The van der Waals surface area contributed by atoms with E-state index in [4.69, 9.17) is 0 Å². The van der Waals surface area contributed by atoms with Crippen LogP contribution in [0.25, 0.3) is 0 Å². The van der Waals surface area contributed by atoms with Gasteiger partial charge in [0, 0.05) is 13.1 Å². The summed E-state index contributed by atoms with van der Waals surface area (Å²) in [6.45, 7) is 0.0306. The van der Waals surface area contributed by atoms with Crippen molar-refractivity contribution < 1.29 is 9.90 Å². The first-order valence-corrected chi connectivity index (χ1v) is 6.58. The van der Waals surface area contributed by atoms with Crippen LogP contribution >= 0.6 is 0 Å². The third-order valence-electron chi connectivity index (χ3n) is 4.51. The van der Waals surface area contributed by atoms with Crippen molar-refractivity contribution in [2.75, 3.05) is 13.7 Å². The van der Waals surface area contributed by atoms with Gasteiger partial charge in [-0.1, -0.05) is 25.7 Å². The maximum atomic E-state index is 12.3. The topological polar surface area (TPSA) is 40.5 Å². The van der Waals surface area contributed by atoms with Crippen LogP contribution in [-0.4, -0.2) is 35.6 Å². The molecule has 0 spiro atoms. The average molecular weight is 225 g/mol. The van der Waals surface area contributed by atoms with Crippen molar-refractivity contribution in [1.82, 2.24) is 4.90 Å². The van der Waals surface area contributed by atoms with Crippen LogP contribution in [0.15, 0.2) is 0 Å². The van der Waals surface area contributed by atoms with Gasteiger partial charge in [-0.15, -0.1) is 0 Å². The quantitative estimate of drug-likeness (QED) is 0.797. The van der Waals surface area contributed by atoms with Gasteiger partial charge in [-0.25, -0.2) is 0 Å². The van der Waals surface area contributed by atoms with E-state index in [2.05, 4.69) is 0 Å². The van der Waals surface area contributed by atoms with Crippen LogP contribution in [0.4, 0.5) is 0 Å². The lowest BCUT2D eigenvalue weighted by Gasteiger charge is -2.44. The zero-order valence-electron chi connectivity index (χ0n) is 10.2. The Kier molecular flexibility index (Phi) is 3.53. The predicted octanol–water partition coefficient (Wildman–Crippen LogP) is 1.94. The first-order valence-electron chi connectivity index (χ1n) is 6.58. The van der Waals surface area contributed by atoms with Gasteiger partial charge in [0.25, 0.3) is 0 Å². The van der Waals surface area contributed by atoms with E-state index in [0.717, 1.165) is 32.1 Å². The molecule has 0 atom stereocenters. The lowest BCUT2D eigenvalue weighted by atomic mass is 9.68. The highest BCUT2D eigenvalue weighted by Crippen LogP contribution is 2.42. The first-order chi connectivity index (χ1) is 7.69. The fourth-order valence-corrected chi connectivity index (χ4v) is 3.05. The lowest BCUT2D eigenvalue weighted by molar-refractivity contribution is -0.152. The second-order valence-corrected chi connectivity index (χ2v) is 5.50. The fourth-order valence-electron chi connectivity index (χ4n) is 3.05. The van der Waals surface area contributed by atoms with Crippen molar-refractivity contribution in [1.29, 1.82) is 0 Å². The molecule has 2 aliphatic carbocycles. The van der Waals surface area contributed by atoms with Crippen molar-refractivity contribution in [3.63, 3.8) is 0 Å². The normalized spacial score (nSPS) is 24.9. The zero-order valence-corrected chi connectivity index (χ0v) is 10.2. The highest BCUT2D eigenvalue weighted by molar-refractivity contribution is 5.83. The molecule has 2 fully saturated rings. The molecule has 0 aromatic carbocycles. The molecule has 1 amide bonds. The number of hydrogen-bond acceptors (Lipinski definition) is 2. The second kappa shape index (κ2) is 4.74. The average Bonchev–Trinajstić information content (AvgIpc) is 2.28. The van der Waals surface area contributed by atoms with Crippen molar-refractivity contribution in [2.45, 2.75) is 57.4 Å². The van der Waals surface area contributed by atoms with Gasteiger partial charge >= 0.3 is 0 Å². The van der Waals surface area contributed by atoms with Gasteiger partial charge in [-0.3, -0.25) is 4.79 Å². The molecule has 0 bridgehead atoms. The van der Waals surface area contributed by atoms with Gasteiger partial charge in [0.1, 0.15) is 0 Å². The van der Waals surface area contributed by atoms with Gasteiger partial charge in [0.15, 0.2) is 0 Å². The van der Waals surface area contributed by atoms with E-state index in [1.807, 2.05) is 11.9 Å². The van der Waals surface area contributed by atoms with E-state index in [9.17, 15) is 9.90 Å². The summed E-state index contributed by atoms with van der Waals surface area (Å²) >= 11 is 0. The Hall–Kier alpha value is -0.570. The van der Waals surface area contributed by atoms with Crippen molar-refractivity contribution in [2.24, 2.45) is 5.41 Å². The molecule has 92 valence electrons. The Morgan fingerprint density at radius 3 is 2.31 bits per heavy atom. The van der Waals surface area contributed by atoms with E-state index >= 15 is 0 Å². The van der Waals surface area contributed by atoms with Gasteiger partial charge in [0.2, 0.25) is 5.91 Å². The molecule has 0 radical (unpaired) electrons. The van der Waals surface area contributed by atoms with E-state index in [1.165, 1.54) is 19.3 Å². The molecule has 2 aliphatic rings. The molecule has 2 saturated carbocycles. The predicted molar refractivity (Wildman–Crippen MR) is 63.0 cm³/mol. The number of carbonyl (C=O) groups is 1. The lowest BCUT2D eigenvalue weighted by Crippen LogP contribution is -2.52. The van der Waals surface area contributed by atoms with Crippen LogP contribution in [0.3, 0.4) is 0 Å². The molecule has 3 nitrogen and oxygen atoms in total. The summed E-state index contributed by atoms with van der Waals surface area (Å²) < 4.78 is 0. The van der Waals surface area contributed by atoms with E-state index in [1.54, 1.807) is 0 Å². The zero-order chi connectivity index (χ0) is 11.6. The molecular formula is C13H23NO2. The van der Waals surface area contributed by atoms with E-state index in [0.29, 0.717) is 6.04 Å². The Bertz CT molecular complexity index is 249. The van der Waals surface area contributed by atoms with Crippen LogP contribution in [0.2, 0.25) is 0 Å². The maximum absolute atomic E-state index is 12.3. The smallest absolute Gasteiger partial charge is 0.231 e. The summed E-state index contributed by atoms with van der Waals surface area (Å²) in [6.07, 6.45) is 8.92. The third kappa shape index (κ3) is 1.97. The summed E-state index contributed by atoms with van der Waals surface area (Å²) in [5.41, 5.74) is -0.411. The molecule has 3 heteroatoms. The van der Waals surface area contributed by atoms with Crippen molar-refractivity contribution in [3.05, 3.63) is 0 Å². The van der Waals surface area contributed by atoms with Crippen molar-refractivity contribution in [3.8, 4) is 0 Å². The summed E-state index contributed by atoms with van der Waals surface area (Å²) in [7, 11) is 1.92. The molecule has 0 aromatic rings. The van der Waals surface area contributed by atoms with Crippen LogP contribution in [0.1, 0.15) is 51.4 Å². The molecule has 0 heterocycles. The summed E-state index contributed by atoms with van der Waals surface area (Å²) in [6, 6.07) is 0.422. The highest BCUT2D eigenvalue weighted by atomic mass is 16.3. The monoisotopic (exact) mass is 225 g/mol. The third-order valence-corrected chi connectivity index (χ3v) is 4.51. The Morgan fingerprint density at radius 2 is 1.88 bits per heavy atom. The van der Waals surface area contributed by atoms with Crippen LogP contribution in [0.5, 0.6) is 0 Å². The number of nitrogens with zero attached hydrogens (tertiary/aromatic N) is 1. The summed E-state index contributed by atoms with van der Waals surface area (Å²) in [5, 5.41) is 9.41. The number of amides is 1. The fraction of sp³-hybridized carbons (Fsp3) is 0.923. The molecule has 1 N–H and O–H groups in total. The first kappa shape index (κ1) is 11.9. The second-order valence-electron chi connectivity index (χ2n) is 5.50. The number of carbonyl (C=O) groups excluding carboxylic acids is 1. The van der Waals surface area contributed by atoms with Crippen LogP contribution in [0, 0.1) is 5.41 Å². The largest absolute Gasteiger partial charge is 0.395 e. The number of hydrogen-bond donors (Lipinski definition) is 1. The minimum atomic E-state index is -0.411. The maximum Gasteiger partial charge on any atom is 0.231 e. The molecule has 16 heavy (non-hydrogen) atoms. The van der Waals surface area contributed by atoms with E-state index in [-0.39, 0.29) is 12.5 Å². The summed E-state index contributed by atoms with van der Waals surface area (Å²) in [4.78, 5) is 14.3. The van der Waals surface area contributed by atoms with Gasteiger partial charge < -0.3 is 10.0 Å². The number of rotatable bonds is 3. The minimum Gasteiger partial charge on any atom is -0.395 e. The Labute approximate surface area is 97.8 Å². The Morgan fingerprint density at radius 1 is 1.25 bits per heavy atom. The van der Waals surface area contributed by atoms with Gasteiger partial charge in [-0.2, -0.15) is 0 Å². The Balaban J connectivity index is 1.97. The van der Waals surface area contributed by atoms with Crippen molar-refractivity contribution >= 4 is 5.91 Å². The number of aliphatic hydroxyl groups excluding tert-OH is 1. The molecular weight excluding hydrogens is 202 g/mol. The minimum absolute atomic E-state index is 0.0306. The highest BCUT2D eigenvalue weighted by Gasteiger charge is 2.46. The SMILES string of the molecule is CN(C(=O)C1(CO)CCC1)C1CCCCC1. The van der Waals surface area contributed by atoms with Crippen LogP contribution < -0.4 is 0 Å². The standard InChI is InChI=1S/C13H23NO2/c1-14(11-6-3-2-4-7-11)12(16)13(10-15)8-5-9-13/h11,15H,2-10H2,1H3. The van der Waals surface area contributed by atoms with E-state index < -0.39 is 5.41 Å². The summed E-state index contributed by atoms with van der Waals surface area (Å²) in [5.74, 6) is 0.188. The molecule has 0 aromatic heterocycles. The molecule has 0 aliphatic heterocycles. The molecule has 0 saturated heterocycles. The molecule has 2 rings (SSSR count). The number of aliphatic hydroxyl groups is 1. The van der Waals surface area contributed by atoms with Gasteiger partial charge in [0.05, 0.1) is 12.0 Å². The van der Waals surface area contributed by atoms with Gasteiger partial charge in [-0.05, 0) is 25.7 Å².